The van der Waals surface area contributed by atoms with Crippen LogP contribution in [-0.2, 0) is 0 Å². The molecule has 0 amide bonds. The van der Waals surface area contributed by atoms with Gasteiger partial charge in [-0.3, -0.25) is 0 Å². The van der Waals surface area contributed by atoms with Crippen molar-refractivity contribution in [1.82, 2.24) is 20.5 Å². The maximum atomic E-state index is 4.69. The number of nitrogens with one attached hydrogen (secondary N) is 1. The van der Waals surface area contributed by atoms with Gasteiger partial charge in [0.1, 0.15) is 5.52 Å². The minimum atomic E-state index is 0.422. The van der Waals surface area contributed by atoms with Crippen LogP contribution in [-0.4, -0.2) is 40.9 Å². The fraction of sp³-hybridized carbons (Fsp3) is 0.533. The third kappa shape index (κ3) is 2.45. The summed E-state index contributed by atoms with van der Waals surface area (Å²) in [6.45, 7) is 3.23. The molecular weight excluding hydrogens is 250 g/mol. The molecule has 2 heterocycles. The molecule has 1 aliphatic heterocycles. The fourth-order valence-electron chi connectivity index (χ4n) is 2.91. The smallest absolute Gasteiger partial charge is 0.246 e. The van der Waals surface area contributed by atoms with E-state index >= 15 is 0 Å². The molecule has 1 saturated heterocycles. The van der Waals surface area contributed by atoms with E-state index in [9.17, 15) is 0 Å². The van der Waals surface area contributed by atoms with Crippen molar-refractivity contribution in [3.63, 3.8) is 0 Å². The molecule has 2 unspecified atom stereocenters. The zero-order valence-electron chi connectivity index (χ0n) is 12.1. The van der Waals surface area contributed by atoms with E-state index in [1.807, 2.05) is 31.3 Å². The second-order valence-electron chi connectivity index (χ2n) is 5.43. The Labute approximate surface area is 119 Å². The van der Waals surface area contributed by atoms with Gasteiger partial charge in [-0.1, -0.05) is 12.1 Å². The molecule has 2 atom stereocenters. The highest BCUT2D eigenvalue weighted by molar-refractivity contribution is 5.74. The summed E-state index contributed by atoms with van der Waals surface area (Å²) < 4.78 is 0. The number of benzene rings is 1. The van der Waals surface area contributed by atoms with E-state index in [4.69, 9.17) is 4.98 Å². The van der Waals surface area contributed by atoms with Crippen LogP contribution in [0.2, 0.25) is 0 Å². The van der Waals surface area contributed by atoms with Crippen molar-refractivity contribution in [2.24, 2.45) is 0 Å². The maximum absolute atomic E-state index is 4.69. The van der Waals surface area contributed by atoms with Crippen molar-refractivity contribution in [1.29, 1.82) is 0 Å². The Morgan fingerprint density at radius 1 is 1.20 bits per heavy atom. The van der Waals surface area contributed by atoms with Gasteiger partial charge in [0.15, 0.2) is 0 Å². The molecule has 3 rings (SSSR count). The highest BCUT2D eigenvalue weighted by Gasteiger charge is 2.28. The molecule has 1 aromatic heterocycles. The first-order chi connectivity index (χ1) is 9.79. The van der Waals surface area contributed by atoms with Crippen LogP contribution in [0.5, 0.6) is 0 Å². The lowest BCUT2D eigenvalue weighted by atomic mass is 9.97. The molecule has 106 valence electrons. The van der Waals surface area contributed by atoms with E-state index < -0.39 is 0 Å². The van der Waals surface area contributed by atoms with Crippen LogP contribution in [0.15, 0.2) is 24.3 Å². The van der Waals surface area contributed by atoms with Crippen molar-refractivity contribution in [3.8, 4) is 0 Å². The number of aromatic nitrogens is 3. The molecule has 20 heavy (non-hydrogen) atoms. The van der Waals surface area contributed by atoms with Crippen molar-refractivity contribution >= 4 is 17.0 Å². The topological polar surface area (TPSA) is 53.9 Å². The standard InChI is InChI=1S/C15H21N5/c1-11(16-2)14-9-5-6-10-20(14)15-17-12-7-3-4-8-13(12)18-19-15/h3-4,7-8,11,14,16H,5-6,9-10H2,1-2H3. The van der Waals surface area contributed by atoms with Gasteiger partial charge in [0.25, 0.3) is 0 Å². The summed E-state index contributed by atoms with van der Waals surface area (Å²) in [4.78, 5) is 7.00. The molecule has 0 radical (unpaired) electrons. The Morgan fingerprint density at radius 3 is 2.80 bits per heavy atom. The molecule has 1 fully saturated rings. The van der Waals surface area contributed by atoms with Crippen LogP contribution in [0.1, 0.15) is 26.2 Å². The minimum Gasteiger partial charge on any atom is -0.335 e. The second kappa shape index (κ2) is 5.71. The number of fused-ring (bicyclic) bond motifs is 1. The molecule has 1 N–H and O–H groups in total. The van der Waals surface area contributed by atoms with E-state index in [-0.39, 0.29) is 0 Å². The van der Waals surface area contributed by atoms with Gasteiger partial charge in [-0.15, -0.1) is 10.2 Å². The van der Waals surface area contributed by atoms with Gasteiger partial charge in [-0.05, 0) is 45.4 Å². The van der Waals surface area contributed by atoms with E-state index in [2.05, 4.69) is 27.3 Å². The fourth-order valence-corrected chi connectivity index (χ4v) is 2.91. The van der Waals surface area contributed by atoms with Crippen molar-refractivity contribution in [3.05, 3.63) is 24.3 Å². The summed E-state index contributed by atoms with van der Waals surface area (Å²) in [5.74, 6) is 0.760. The Hall–Kier alpha value is -1.75. The van der Waals surface area contributed by atoms with Crippen molar-refractivity contribution in [2.75, 3.05) is 18.5 Å². The first kappa shape index (κ1) is 13.2. The molecule has 0 bridgehead atoms. The van der Waals surface area contributed by atoms with Crippen molar-refractivity contribution in [2.45, 2.75) is 38.3 Å². The normalized spacial score (nSPS) is 21.1. The third-order valence-corrected chi connectivity index (χ3v) is 4.19. The first-order valence-electron chi connectivity index (χ1n) is 7.33. The van der Waals surface area contributed by atoms with E-state index in [0.29, 0.717) is 12.1 Å². The number of rotatable bonds is 3. The first-order valence-corrected chi connectivity index (χ1v) is 7.33. The lowest BCUT2D eigenvalue weighted by Crippen LogP contribution is -2.51. The Kier molecular flexibility index (Phi) is 3.78. The second-order valence-corrected chi connectivity index (χ2v) is 5.43. The van der Waals surface area contributed by atoms with Crippen LogP contribution in [0.25, 0.3) is 11.0 Å². The monoisotopic (exact) mass is 271 g/mol. The van der Waals surface area contributed by atoms with Gasteiger partial charge in [-0.25, -0.2) is 4.98 Å². The van der Waals surface area contributed by atoms with Gasteiger partial charge >= 0.3 is 0 Å². The molecule has 0 aliphatic carbocycles. The summed E-state index contributed by atoms with van der Waals surface area (Å²) in [7, 11) is 2.01. The predicted molar refractivity (Wildman–Crippen MR) is 80.8 cm³/mol. The Balaban J connectivity index is 1.94. The Bertz CT molecular complexity index is 585. The van der Waals surface area contributed by atoms with Gasteiger partial charge in [0.2, 0.25) is 5.95 Å². The van der Waals surface area contributed by atoms with Crippen LogP contribution < -0.4 is 10.2 Å². The highest BCUT2D eigenvalue weighted by atomic mass is 15.3. The largest absolute Gasteiger partial charge is 0.335 e. The quantitative estimate of drug-likeness (QED) is 0.925. The van der Waals surface area contributed by atoms with Gasteiger partial charge < -0.3 is 10.2 Å². The molecule has 1 aromatic carbocycles. The molecule has 1 aliphatic rings. The predicted octanol–water partition coefficient (Wildman–Crippen LogP) is 1.99. The summed E-state index contributed by atoms with van der Waals surface area (Å²) >= 11 is 0. The van der Waals surface area contributed by atoms with Gasteiger partial charge in [0, 0.05) is 18.6 Å². The molecular formula is C15H21N5. The number of nitrogens with zero attached hydrogens (tertiary/aromatic N) is 4. The summed E-state index contributed by atoms with van der Waals surface area (Å²) in [5, 5.41) is 12.0. The van der Waals surface area contributed by atoms with Crippen molar-refractivity contribution < 1.29 is 0 Å². The van der Waals surface area contributed by atoms with Gasteiger partial charge in [0.05, 0.1) is 5.52 Å². The van der Waals surface area contributed by atoms with Crippen LogP contribution in [0.4, 0.5) is 5.95 Å². The SMILES string of the molecule is CNC(C)C1CCCCN1c1nnc2ccccc2n1. The molecule has 0 saturated carbocycles. The average Bonchev–Trinajstić information content (AvgIpc) is 2.53. The summed E-state index contributed by atoms with van der Waals surface area (Å²) in [6.07, 6.45) is 3.65. The molecule has 2 aromatic rings. The lowest BCUT2D eigenvalue weighted by molar-refractivity contribution is 0.377. The molecule has 5 heteroatoms. The van der Waals surface area contributed by atoms with E-state index in [0.717, 1.165) is 23.5 Å². The number of hydrogen-bond acceptors (Lipinski definition) is 5. The van der Waals surface area contributed by atoms with Crippen LogP contribution in [0.3, 0.4) is 0 Å². The number of para-hydroxylation sites is 1. The highest BCUT2D eigenvalue weighted by Crippen LogP contribution is 2.24. The minimum absolute atomic E-state index is 0.422. The van der Waals surface area contributed by atoms with Crippen LogP contribution >= 0.6 is 0 Å². The number of piperidine rings is 1. The van der Waals surface area contributed by atoms with E-state index in [1.165, 1.54) is 19.3 Å². The number of likely N-dealkylation sites (N-methyl/N-ethyl adjacent to an activating group) is 1. The summed E-state index contributed by atoms with van der Waals surface area (Å²) in [6, 6.07) is 8.76. The zero-order valence-corrected chi connectivity index (χ0v) is 12.1. The van der Waals surface area contributed by atoms with Crippen LogP contribution in [0, 0.1) is 0 Å². The lowest BCUT2D eigenvalue weighted by Gasteiger charge is -2.38. The van der Waals surface area contributed by atoms with E-state index in [1.54, 1.807) is 0 Å². The molecule has 5 nitrogen and oxygen atoms in total. The number of hydrogen-bond donors (Lipinski definition) is 1. The zero-order chi connectivity index (χ0) is 13.9. The summed E-state index contributed by atoms with van der Waals surface area (Å²) in [5.41, 5.74) is 1.77. The maximum Gasteiger partial charge on any atom is 0.246 e. The third-order valence-electron chi connectivity index (χ3n) is 4.19. The average molecular weight is 271 g/mol. The Morgan fingerprint density at radius 2 is 2.00 bits per heavy atom. The van der Waals surface area contributed by atoms with Gasteiger partial charge in [-0.2, -0.15) is 0 Å². The number of anilines is 1. The molecule has 0 spiro atoms.